The Morgan fingerprint density at radius 1 is 0.938 bits per heavy atom. The molecule has 4 aromatic rings. The highest BCUT2D eigenvalue weighted by atomic mass is 79.9. The van der Waals surface area contributed by atoms with Crippen molar-refractivity contribution in [3.05, 3.63) is 82.8 Å². The zero-order chi connectivity index (χ0) is 22.5. The van der Waals surface area contributed by atoms with Gasteiger partial charge < -0.3 is 9.47 Å². The van der Waals surface area contributed by atoms with Crippen LogP contribution in [0.1, 0.15) is 12.5 Å². The number of rotatable bonds is 6. The molecule has 0 atom stereocenters. The summed E-state index contributed by atoms with van der Waals surface area (Å²) < 4.78 is 12.0. The first kappa shape index (κ1) is 22.0. The lowest BCUT2D eigenvalue weighted by molar-refractivity contribution is 0.168. The molecule has 0 aliphatic rings. The first-order chi connectivity index (χ1) is 15.5. The van der Waals surface area contributed by atoms with Gasteiger partial charge in [-0.1, -0.05) is 57.1 Å². The minimum Gasteiger partial charge on any atom is -0.457 e. The van der Waals surface area contributed by atoms with Crippen LogP contribution in [-0.4, -0.2) is 17.7 Å². The van der Waals surface area contributed by atoms with Crippen molar-refractivity contribution in [1.82, 2.24) is 4.98 Å². The fourth-order valence-corrected chi connectivity index (χ4v) is 4.24. The fraction of sp³-hybridized carbons (Fsp3) is 0.120. The molecule has 0 radical (unpaired) electrons. The number of anilines is 1. The van der Waals surface area contributed by atoms with E-state index >= 15 is 0 Å². The Morgan fingerprint density at radius 2 is 1.53 bits per heavy atom. The summed E-state index contributed by atoms with van der Waals surface area (Å²) in [6, 6.07) is 23.5. The van der Waals surface area contributed by atoms with Gasteiger partial charge in [0, 0.05) is 15.6 Å². The maximum absolute atomic E-state index is 12.1. The third kappa shape index (κ3) is 5.36. The molecule has 0 unspecified atom stereocenters. The molecule has 5 nitrogen and oxygen atoms in total. The van der Waals surface area contributed by atoms with Gasteiger partial charge >= 0.3 is 6.09 Å². The van der Waals surface area contributed by atoms with Crippen molar-refractivity contribution in [2.24, 2.45) is 0 Å². The molecule has 1 amide bonds. The molecule has 0 spiro atoms. The van der Waals surface area contributed by atoms with E-state index in [1.807, 2.05) is 79.7 Å². The van der Waals surface area contributed by atoms with Gasteiger partial charge in [0.2, 0.25) is 0 Å². The SMILES string of the molecule is CCOC(=O)Nc1sc(-c2ccc(Oc3ccc(Br)cc3)cc2)nc1-c1ccc(C)cc1. The number of nitrogens with zero attached hydrogens (tertiary/aromatic N) is 1. The van der Waals surface area contributed by atoms with Crippen molar-refractivity contribution in [3.8, 4) is 33.3 Å². The number of aromatic nitrogens is 1. The van der Waals surface area contributed by atoms with E-state index in [4.69, 9.17) is 14.5 Å². The Bertz CT molecular complexity index is 1200. The summed E-state index contributed by atoms with van der Waals surface area (Å²) in [5, 5.41) is 4.27. The Labute approximate surface area is 199 Å². The van der Waals surface area contributed by atoms with Gasteiger partial charge in [0.1, 0.15) is 27.2 Å². The van der Waals surface area contributed by atoms with Gasteiger partial charge in [-0.25, -0.2) is 9.78 Å². The normalized spacial score (nSPS) is 10.6. The number of aryl methyl sites for hydroxylation is 1. The predicted octanol–water partition coefficient (Wildman–Crippen LogP) is 7.91. The smallest absolute Gasteiger partial charge is 0.412 e. The number of hydrogen-bond acceptors (Lipinski definition) is 5. The number of thiazole rings is 1. The zero-order valence-corrected chi connectivity index (χ0v) is 20.0. The predicted molar refractivity (Wildman–Crippen MR) is 133 cm³/mol. The van der Waals surface area contributed by atoms with Crippen LogP contribution in [0.4, 0.5) is 9.80 Å². The largest absolute Gasteiger partial charge is 0.457 e. The molecule has 162 valence electrons. The highest BCUT2D eigenvalue weighted by molar-refractivity contribution is 9.10. The number of benzene rings is 3. The van der Waals surface area contributed by atoms with Crippen LogP contribution in [0.3, 0.4) is 0 Å². The topological polar surface area (TPSA) is 60.5 Å². The first-order valence-corrected chi connectivity index (χ1v) is 11.7. The number of amides is 1. The molecule has 32 heavy (non-hydrogen) atoms. The van der Waals surface area contributed by atoms with E-state index < -0.39 is 6.09 Å². The van der Waals surface area contributed by atoms with Gasteiger partial charge in [-0.3, -0.25) is 5.32 Å². The van der Waals surface area contributed by atoms with Crippen LogP contribution in [-0.2, 0) is 4.74 Å². The molecule has 0 aliphatic heterocycles. The van der Waals surface area contributed by atoms with Gasteiger partial charge in [-0.05, 0) is 62.4 Å². The monoisotopic (exact) mass is 508 g/mol. The van der Waals surface area contributed by atoms with E-state index in [9.17, 15) is 4.79 Å². The van der Waals surface area contributed by atoms with Gasteiger partial charge in [0.15, 0.2) is 0 Å². The highest BCUT2D eigenvalue weighted by Crippen LogP contribution is 2.38. The van der Waals surface area contributed by atoms with Crippen LogP contribution < -0.4 is 10.1 Å². The Balaban J connectivity index is 1.61. The minimum absolute atomic E-state index is 0.303. The van der Waals surface area contributed by atoms with Crippen LogP contribution in [0, 0.1) is 6.92 Å². The molecule has 3 aromatic carbocycles. The molecule has 1 N–H and O–H groups in total. The van der Waals surface area contributed by atoms with E-state index in [-0.39, 0.29) is 0 Å². The summed E-state index contributed by atoms with van der Waals surface area (Å²) in [5.41, 5.74) is 3.74. The molecule has 4 rings (SSSR count). The average molecular weight is 509 g/mol. The number of ether oxygens (including phenoxy) is 2. The number of halogens is 1. The lowest BCUT2D eigenvalue weighted by atomic mass is 10.1. The molecule has 0 aliphatic carbocycles. The van der Waals surface area contributed by atoms with E-state index in [1.165, 1.54) is 11.3 Å². The van der Waals surface area contributed by atoms with Crippen LogP contribution in [0.15, 0.2) is 77.3 Å². The standard InChI is InChI=1S/C25H21BrN2O3S/c1-3-30-25(29)28-24-22(17-6-4-16(2)5-7-17)27-23(32-24)18-8-12-20(13-9-18)31-21-14-10-19(26)11-15-21/h4-15H,3H2,1-2H3,(H,28,29). The second-order valence-corrected chi connectivity index (χ2v) is 8.90. The number of hydrogen-bond donors (Lipinski definition) is 1. The van der Waals surface area contributed by atoms with Crippen molar-refractivity contribution in [2.45, 2.75) is 13.8 Å². The minimum atomic E-state index is -0.491. The summed E-state index contributed by atoms with van der Waals surface area (Å²) in [5.74, 6) is 1.49. The van der Waals surface area contributed by atoms with Crippen molar-refractivity contribution in [1.29, 1.82) is 0 Å². The summed E-state index contributed by atoms with van der Waals surface area (Å²) >= 11 is 4.83. The summed E-state index contributed by atoms with van der Waals surface area (Å²) in [6.07, 6.45) is -0.491. The summed E-state index contributed by atoms with van der Waals surface area (Å²) in [7, 11) is 0. The van der Waals surface area contributed by atoms with Crippen LogP contribution >= 0.6 is 27.3 Å². The van der Waals surface area contributed by atoms with E-state index in [2.05, 4.69) is 21.2 Å². The third-order valence-electron chi connectivity index (χ3n) is 4.59. The second-order valence-electron chi connectivity index (χ2n) is 6.99. The van der Waals surface area contributed by atoms with Crippen molar-refractivity contribution < 1.29 is 14.3 Å². The van der Waals surface area contributed by atoms with E-state index in [0.29, 0.717) is 17.3 Å². The molecular weight excluding hydrogens is 488 g/mol. The molecule has 0 saturated heterocycles. The molecule has 0 fully saturated rings. The first-order valence-electron chi connectivity index (χ1n) is 10.1. The number of carbonyl (C=O) groups is 1. The van der Waals surface area contributed by atoms with E-state index in [0.717, 1.165) is 37.7 Å². The summed E-state index contributed by atoms with van der Waals surface area (Å²) in [6.45, 7) is 4.11. The maximum atomic E-state index is 12.1. The Hall–Kier alpha value is -3.16. The van der Waals surface area contributed by atoms with E-state index in [1.54, 1.807) is 6.92 Å². The number of carbonyl (C=O) groups excluding carboxylic acids is 1. The number of nitrogens with one attached hydrogen (secondary N) is 1. The lowest BCUT2D eigenvalue weighted by Gasteiger charge is -2.06. The second kappa shape index (κ2) is 9.97. The molecule has 0 bridgehead atoms. The molecule has 7 heteroatoms. The van der Waals surface area contributed by atoms with Gasteiger partial charge in [-0.2, -0.15) is 0 Å². The zero-order valence-electron chi connectivity index (χ0n) is 17.6. The van der Waals surface area contributed by atoms with Crippen molar-refractivity contribution >= 4 is 38.4 Å². The van der Waals surface area contributed by atoms with Gasteiger partial charge in [0.25, 0.3) is 0 Å². The third-order valence-corrected chi connectivity index (χ3v) is 6.14. The fourth-order valence-electron chi connectivity index (χ4n) is 3.00. The maximum Gasteiger partial charge on any atom is 0.412 e. The van der Waals surface area contributed by atoms with Crippen LogP contribution in [0.25, 0.3) is 21.8 Å². The quantitative estimate of drug-likeness (QED) is 0.287. The van der Waals surface area contributed by atoms with Gasteiger partial charge in [-0.15, -0.1) is 0 Å². The molecule has 0 saturated carbocycles. The van der Waals surface area contributed by atoms with Crippen LogP contribution in [0.5, 0.6) is 11.5 Å². The molecule has 1 aromatic heterocycles. The van der Waals surface area contributed by atoms with Crippen molar-refractivity contribution in [3.63, 3.8) is 0 Å². The lowest BCUT2D eigenvalue weighted by Crippen LogP contribution is -2.12. The Kier molecular flexibility index (Phi) is 6.87. The Morgan fingerprint density at radius 3 is 2.16 bits per heavy atom. The molecule has 1 heterocycles. The average Bonchev–Trinajstić information content (AvgIpc) is 3.20. The van der Waals surface area contributed by atoms with Crippen molar-refractivity contribution in [2.75, 3.05) is 11.9 Å². The summed E-state index contributed by atoms with van der Waals surface area (Å²) in [4.78, 5) is 16.9. The highest BCUT2D eigenvalue weighted by Gasteiger charge is 2.17. The molecular formula is C25H21BrN2O3S. The van der Waals surface area contributed by atoms with Gasteiger partial charge in [0.05, 0.1) is 6.61 Å². The van der Waals surface area contributed by atoms with Crippen LogP contribution in [0.2, 0.25) is 0 Å².